The quantitative estimate of drug-likeness (QED) is 0.555. The van der Waals surface area contributed by atoms with Crippen molar-refractivity contribution in [3.05, 3.63) is 0 Å². The lowest BCUT2D eigenvalue weighted by atomic mass is 9.96. The summed E-state index contributed by atoms with van der Waals surface area (Å²) in [4.78, 5) is 11.4. The molecule has 0 saturated carbocycles. The van der Waals surface area contributed by atoms with E-state index in [1.54, 1.807) is 6.92 Å². The molecule has 0 fully saturated rings. The van der Waals surface area contributed by atoms with Crippen LogP contribution in [0.3, 0.4) is 0 Å². The lowest BCUT2D eigenvalue weighted by molar-refractivity contribution is -0.128. The van der Waals surface area contributed by atoms with E-state index in [0.717, 1.165) is 0 Å². The first-order valence-electron chi connectivity index (χ1n) is 5.01. The fourth-order valence-corrected chi connectivity index (χ4v) is 0.841. The van der Waals surface area contributed by atoms with E-state index in [1.165, 1.54) is 0 Å². The van der Waals surface area contributed by atoms with Crippen molar-refractivity contribution in [3.63, 3.8) is 0 Å². The van der Waals surface area contributed by atoms with Crippen molar-refractivity contribution in [1.29, 1.82) is 0 Å². The number of hydrogen-bond donors (Lipinski definition) is 3. The maximum atomic E-state index is 11.4. The van der Waals surface area contributed by atoms with Crippen molar-refractivity contribution >= 4 is 5.91 Å². The Morgan fingerprint density at radius 2 is 1.93 bits per heavy atom. The van der Waals surface area contributed by atoms with Crippen LogP contribution >= 0.6 is 0 Å². The molecule has 84 valence electrons. The summed E-state index contributed by atoms with van der Waals surface area (Å²) in [6.45, 7) is 9.21. The number of carbonyl (C=O) groups excluding carboxylic acids is 1. The first-order chi connectivity index (χ1) is 6.34. The highest BCUT2D eigenvalue weighted by Crippen LogP contribution is 2.11. The van der Waals surface area contributed by atoms with Crippen LogP contribution in [-0.4, -0.2) is 36.8 Å². The maximum absolute atomic E-state index is 11.4. The van der Waals surface area contributed by atoms with Gasteiger partial charge in [0.2, 0.25) is 5.91 Å². The Labute approximate surface area is 86.1 Å². The zero-order valence-corrected chi connectivity index (χ0v) is 9.55. The summed E-state index contributed by atoms with van der Waals surface area (Å²) in [6.07, 6.45) is -0.340. The molecule has 1 atom stereocenters. The first kappa shape index (κ1) is 13.4. The summed E-state index contributed by atoms with van der Waals surface area (Å²) in [6, 6.07) is 0. The van der Waals surface area contributed by atoms with Gasteiger partial charge in [0.1, 0.15) is 0 Å². The van der Waals surface area contributed by atoms with Crippen molar-refractivity contribution in [3.8, 4) is 0 Å². The molecular formula is C10H22N2O2. The third kappa shape index (κ3) is 6.86. The number of nitrogens with one attached hydrogen (secondary N) is 2. The van der Waals surface area contributed by atoms with Crippen LogP contribution in [0.1, 0.15) is 27.7 Å². The summed E-state index contributed by atoms with van der Waals surface area (Å²) in [5.74, 6) is 0.0522. The zero-order valence-electron chi connectivity index (χ0n) is 9.55. The van der Waals surface area contributed by atoms with Crippen molar-refractivity contribution in [2.45, 2.75) is 33.8 Å². The standard InChI is InChI=1S/C10H22N2O2/c1-8(13)7-11-5-6-12-9(14)10(2,3)4/h8,11,13H,5-7H2,1-4H3,(H,12,14). The van der Waals surface area contributed by atoms with Gasteiger partial charge in [0.05, 0.1) is 6.10 Å². The molecule has 0 aliphatic rings. The number of amides is 1. The maximum Gasteiger partial charge on any atom is 0.225 e. The fourth-order valence-electron chi connectivity index (χ4n) is 0.841. The Kier molecular flexibility index (Phi) is 5.72. The minimum absolute atomic E-state index is 0.0522. The van der Waals surface area contributed by atoms with E-state index < -0.39 is 0 Å². The van der Waals surface area contributed by atoms with Crippen LogP contribution < -0.4 is 10.6 Å². The lowest BCUT2D eigenvalue weighted by Gasteiger charge is -2.17. The number of aliphatic hydroxyl groups excluding tert-OH is 1. The van der Waals surface area contributed by atoms with Gasteiger partial charge in [0.15, 0.2) is 0 Å². The van der Waals surface area contributed by atoms with Gasteiger partial charge in [-0.1, -0.05) is 20.8 Å². The van der Waals surface area contributed by atoms with Crippen LogP contribution in [0.15, 0.2) is 0 Å². The van der Waals surface area contributed by atoms with E-state index in [9.17, 15) is 4.79 Å². The van der Waals surface area contributed by atoms with Crippen LogP contribution in [0, 0.1) is 5.41 Å². The van der Waals surface area contributed by atoms with Crippen LogP contribution in [0.2, 0.25) is 0 Å². The Bertz CT molecular complexity index is 173. The van der Waals surface area contributed by atoms with Gasteiger partial charge in [0, 0.05) is 25.0 Å². The Morgan fingerprint density at radius 1 is 1.36 bits per heavy atom. The van der Waals surface area contributed by atoms with Crippen LogP contribution in [0.25, 0.3) is 0 Å². The van der Waals surface area contributed by atoms with Gasteiger partial charge >= 0.3 is 0 Å². The Balaban J connectivity index is 3.42. The molecule has 0 radical (unpaired) electrons. The summed E-state index contributed by atoms with van der Waals surface area (Å²) in [5, 5.41) is 14.8. The minimum Gasteiger partial charge on any atom is -0.392 e. The number of rotatable bonds is 5. The predicted molar refractivity (Wildman–Crippen MR) is 57.0 cm³/mol. The van der Waals surface area contributed by atoms with E-state index in [4.69, 9.17) is 5.11 Å². The molecule has 0 aliphatic heterocycles. The third-order valence-electron chi connectivity index (χ3n) is 1.71. The largest absolute Gasteiger partial charge is 0.392 e. The summed E-state index contributed by atoms with van der Waals surface area (Å²) in [7, 11) is 0. The summed E-state index contributed by atoms with van der Waals surface area (Å²) >= 11 is 0. The van der Waals surface area contributed by atoms with Crippen LogP contribution in [0.5, 0.6) is 0 Å². The van der Waals surface area contributed by atoms with Gasteiger partial charge in [-0.15, -0.1) is 0 Å². The van der Waals surface area contributed by atoms with Crippen LogP contribution in [0.4, 0.5) is 0 Å². The molecule has 0 heterocycles. The lowest BCUT2D eigenvalue weighted by Crippen LogP contribution is -2.39. The predicted octanol–water partition coefficient (Wildman–Crippen LogP) is 0.119. The Morgan fingerprint density at radius 3 is 2.36 bits per heavy atom. The van der Waals surface area contributed by atoms with Crippen LogP contribution in [-0.2, 0) is 4.79 Å². The second-order valence-corrected chi connectivity index (χ2v) is 4.56. The molecule has 0 spiro atoms. The van der Waals surface area contributed by atoms with E-state index in [2.05, 4.69) is 10.6 Å². The molecule has 0 rings (SSSR count). The normalized spacial score (nSPS) is 13.8. The minimum atomic E-state index is -0.340. The van der Waals surface area contributed by atoms with Gasteiger partial charge in [-0.2, -0.15) is 0 Å². The number of carbonyl (C=O) groups is 1. The summed E-state index contributed by atoms with van der Waals surface area (Å²) in [5.41, 5.74) is -0.329. The highest BCUT2D eigenvalue weighted by atomic mass is 16.3. The average molecular weight is 202 g/mol. The second kappa shape index (κ2) is 5.98. The third-order valence-corrected chi connectivity index (χ3v) is 1.71. The van der Waals surface area contributed by atoms with E-state index >= 15 is 0 Å². The molecule has 3 N–H and O–H groups in total. The summed E-state index contributed by atoms with van der Waals surface area (Å²) < 4.78 is 0. The second-order valence-electron chi connectivity index (χ2n) is 4.56. The van der Waals surface area contributed by atoms with Gasteiger partial charge in [0.25, 0.3) is 0 Å². The molecule has 14 heavy (non-hydrogen) atoms. The van der Waals surface area contributed by atoms with E-state index in [-0.39, 0.29) is 17.4 Å². The zero-order chi connectivity index (χ0) is 11.2. The Hall–Kier alpha value is -0.610. The SMILES string of the molecule is CC(O)CNCCNC(=O)C(C)(C)C. The molecule has 0 bridgehead atoms. The van der Waals surface area contributed by atoms with Gasteiger partial charge < -0.3 is 15.7 Å². The fraction of sp³-hybridized carbons (Fsp3) is 0.900. The van der Waals surface area contributed by atoms with E-state index in [1.807, 2.05) is 20.8 Å². The smallest absolute Gasteiger partial charge is 0.225 e. The molecule has 0 aromatic carbocycles. The van der Waals surface area contributed by atoms with Crippen molar-refractivity contribution in [1.82, 2.24) is 10.6 Å². The van der Waals surface area contributed by atoms with Gasteiger partial charge in [-0.3, -0.25) is 4.79 Å². The molecule has 0 aliphatic carbocycles. The highest BCUT2D eigenvalue weighted by molar-refractivity contribution is 5.81. The molecule has 1 unspecified atom stereocenters. The molecule has 0 aromatic heterocycles. The average Bonchev–Trinajstić information content (AvgIpc) is 2.01. The molecule has 4 nitrogen and oxygen atoms in total. The molecule has 1 amide bonds. The number of hydrogen-bond acceptors (Lipinski definition) is 3. The van der Waals surface area contributed by atoms with Gasteiger partial charge in [-0.25, -0.2) is 0 Å². The monoisotopic (exact) mass is 202 g/mol. The van der Waals surface area contributed by atoms with E-state index in [0.29, 0.717) is 19.6 Å². The van der Waals surface area contributed by atoms with Crippen molar-refractivity contribution < 1.29 is 9.90 Å². The molecule has 0 saturated heterocycles. The molecule has 4 heteroatoms. The van der Waals surface area contributed by atoms with Gasteiger partial charge in [-0.05, 0) is 6.92 Å². The topological polar surface area (TPSA) is 61.4 Å². The number of aliphatic hydroxyl groups is 1. The van der Waals surface area contributed by atoms with Crippen molar-refractivity contribution in [2.75, 3.05) is 19.6 Å². The molecular weight excluding hydrogens is 180 g/mol. The highest BCUT2D eigenvalue weighted by Gasteiger charge is 2.19. The van der Waals surface area contributed by atoms with Crippen molar-refractivity contribution in [2.24, 2.45) is 5.41 Å². The first-order valence-corrected chi connectivity index (χ1v) is 5.01. The molecule has 0 aromatic rings.